The van der Waals surface area contributed by atoms with Crippen LogP contribution in [0.1, 0.15) is 64.0 Å². The molecular weight excluding hydrogens is 476 g/mol. The SMILES string of the molecule is CC(C)(C)NS(=O)(=O)c1ccc(NC(=O)[C@H](Cc2cccc(C#N)c2)NC(=O)C2CCCCC2)cc1. The molecule has 192 valence electrons. The summed E-state index contributed by atoms with van der Waals surface area (Å²) in [4.78, 5) is 26.3. The highest BCUT2D eigenvalue weighted by Gasteiger charge is 2.27. The van der Waals surface area contributed by atoms with Gasteiger partial charge >= 0.3 is 0 Å². The first-order chi connectivity index (χ1) is 17.0. The minimum atomic E-state index is -3.70. The van der Waals surface area contributed by atoms with Gasteiger partial charge in [-0.25, -0.2) is 13.1 Å². The molecule has 1 saturated carbocycles. The first-order valence-electron chi connectivity index (χ1n) is 12.2. The molecule has 8 nitrogen and oxygen atoms in total. The van der Waals surface area contributed by atoms with Crippen LogP contribution >= 0.6 is 0 Å². The van der Waals surface area contributed by atoms with E-state index in [1.807, 2.05) is 6.07 Å². The Morgan fingerprint density at radius 1 is 1.06 bits per heavy atom. The van der Waals surface area contributed by atoms with Crippen molar-refractivity contribution >= 4 is 27.5 Å². The lowest BCUT2D eigenvalue weighted by Crippen LogP contribution is -2.47. The van der Waals surface area contributed by atoms with E-state index in [9.17, 15) is 23.3 Å². The molecule has 1 fully saturated rings. The molecular formula is C27H34N4O4S. The Balaban J connectivity index is 1.76. The molecule has 0 spiro atoms. The third kappa shape index (κ3) is 7.90. The molecule has 2 aromatic carbocycles. The molecule has 2 aromatic rings. The number of hydrogen-bond acceptors (Lipinski definition) is 5. The van der Waals surface area contributed by atoms with E-state index in [-0.39, 0.29) is 23.1 Å². The summed E-state index contributed by atoms with van der Waals surface area (Å²) in [5, 5.41) is 14.9. The van der Waals surface area contributed by atoms with E-state index in [1.54, 1.807) is 39.0 Å². The van der Waals surface area contributed by atoms with Crippen LogP contribution in [0, 0.1) is 17.2 Å². The van der Waals surface area contributed by atoms with E-state index < -0.39 is 27.5 Å². The highest BCUT2D eigenvalue weighted by molar-refractivity contribution is 7.89. The van der Waals surface area contributed by atoms with Crippen molar-refractivity contribution in [3.8, 4) is 6.07 Å². The van der Waals surface area contributed by atoms with Gasteiger partial charge in [-0.1, -0.05) is 31.4 Å². The molecule has 0 heterocycles. The van der Waals surface area contributed by atoms with E-state index in [4.69, 9.17) is 0 Å². The minimum Gasteiger partial charge on any atom is -0.344 e. The number of hydrogen-bond donors (Lipinski definition) is 3. The number of benzene rings is 2. The van der Waals surface area contributed by atoms with E-state index in [1.165, 1.54) is 24.3 Å². The Bertz CT molecular complexity index is 1220. The largest absolute Gasteiger partial charge is 0.344 e. The predicted molar refractivity (Wildman–Crippen MR) is 139 cm³/mol. The second-order valence-corrected chi connectivity index (χ2v) is 12.0. The number of anilines is 1. The third-order valence-corrected chi connectivity index (χ3v) is 7.75. The van der Waals surface area contributed by atoms with Gasteiger partial charge in [-0.15, -0.1) is 0 Å². The van der Waals surface area contributed by atoms with Gasteiger partial charge in [0.2, 0.25) is 21.8 Å². The second-order valence-electron chi connectivity index (χ2n) is 10.3. The third-order valence-electron chi connectivity index (χ3n) is 5.98. The molecule has 1 aliphatic carbocycles. The fraction of sp³-hybridized carbons (Fsp3) is 0.444. The number of nitrogens with zero attached hydrogens (tertiary/aromatic N) is 1. The maximum Gasteiger partial charge on any atom is 0.247 e. The smallest absolute Gasteiger partial charge is 0.247 e. The summed E-state index contributed by atoms with van der Waals surface area (Å²) >= 11 is 0. The maximum absolute atomic E-state index is 13.2. The molecule has 0 bridgehead atoms. The molecule has 2 amide bonds. The molecule has 0 unspecified atom stereocenters. The van der Waals surface area contributed by atoms with Crippen LogP contribution in [0.5, 0.6) is 0 Å². The number of rotatable bonds is 8. The molecule has 0 saturated heterocycles. The van der Waals surface area contributed by atoms with Gasteiger partial charge in [0.05, 0.1) is 16.5 Å². The zero-order valence-electron chi connectivity index (χ0n) is 21.0. The Labute approximate surface area is 213 Å². The monoisotopic (exact) mass is 510 g/mol. The van der Waals surface area contributed by atoms with Gasteiger partial charge < -0.3 is 10.6 Å². The summed E-state index contributed by atoms with van der Waals surface area (Å²) in [6, 6.07) is 14.1. The first kappa shape index (κ1) is 27.4. The quantitative estimate of drug-likeness (QED) is 0.496. The van der Waals surface area contributed by atoms with E-state index in [0.717, 1.165) is 37.7 Å². The summed E-state index contributed by atoms with van der Waals surface area (Å²) in [5.41, 5.74) is 1.02. The molecule has 3 N–H and O–H groups in total. The van der Waals surface area contributed by atoms with Gasteiger partial charge in [0, 0.05) is 23.6 Å². The van der Waals surface area contributed by atoms with Crippen LogP contribution in [0.2, 0.25) is 0 Å². The lowest BCUT2D eigenvalue weighted by Gasteiger charge is -2.25. The minimum absolute atomic E-state index is 0.0888. The average Bonchev–Trinajstić information content (AvgIpc) is 2.83. The van der Waals surface area contributed by atoms with Crippen LogP contribution in [0.25, 0.3) is 0 Å². The van der Waals surface area contributed by atoms with Gasteiger partial charge in [0.25, 0.3) is 0 Å². The summed E-state index contributed by atoms with van der Waals surface area (Å²) in [5.74, 6) is -0.662. The standard InChI is InChI=1S/C27H34N4O4S/c1-27(2,3)31-36(34,35)23-14-12-22(13-15-23)29-26(33)24(17-19-8-7-9-20(16-19)18-28)30-25(32)21-10-5-4-6-11-21/h7-9,12-16,21,24,31H,4-6,10-11,17H2,1-3H3,(H,29,33)(H,30,32)/t24-/m0/s1. The number of carbonyl (C=O) groups excluding carboxylic acids is 2. The van der Waals surface area contributed by atoms with Gasteiger partial charge in [-0.05, 0) is 75.6 Å². The fourth-order valence-corrected chi connectivity index (χ4v) is 5.69. The molecule has 1 aliphatic rings. The number of carbonyl (C=O) groups is 2. The zero-order chi connectivity index (χ0) is 26.3. The van der Waals surface area contributed by atoms with Crippen LogP contribution < -0.4 is 15.4 Å². The molecule has 9 heteroatoms. The highest BCUT2D eigenvalue weighted by Crippen LogP contribution is 2.24. The van der Waals surface area contributed by atoms with Crippen molar-refractivity contribution < 1.29 is 18.0 Å². The molecule has 0 aliphatic heterocycles. The maximum atomic E-state index is 13.2. The molecule has 0 radical (unpaired) electrons. The number of sulfonamides is 1. The van der Waals surface area contributed by atoms with Crippen LogP contribution in [0.15, 0.2) is 53.4 Å². The molecule has 1 atom stereocenters. The average molecular weight is 511 g/mol. The Morgan fingerprint density at radius 3 is 2.33 bits per heavy atom. The van der Waals surface area contributed by atoms with Crippen molar-refractivity contribution in [2.45, 2.75) is 75.8 Å². The summed E-state index contributed by atoms with van der Waals surface area (Å²) in [6.45, 7) is 5.27. The number of amides is 2. The lowest BCUT2D eigenvalue weighted by molar-refractivity contribution is -0.130. The summed E-state index contributed by atoms with van der Waals surface area (Å²) in [6.07, 6.45) is 4.95. The fourth-order valence-electron chi connectivity index (χ4n) is 4.28. The molecule has 0 aromatic heterocycles. The van der Waals surface area contributed by atoms with Crippen molar-refractivity contribution in [3.05, 3.63) is 59.7 Å². The Hall–Kier alpha value is -3.22. The number of nitriles is 1. The lowest BCUT2D eigenvalue weighted by atomic mass is 9.88. The van der Waals surface area contributed by atoms with E-state index >= 15 is 0 Å². The van der Waals surface area contributed by atoms with Gasteiger partial charge in [-0.3, -0.25) is 9.59 Å². The predicted octanol–water partition coefficient (Wildman–Crippen LogP) is 3.88. The summed E-state index contributed by atoms with van der Waals surface area (Å²) < 4.78 is 27.7. The number of nitrogens with one attached hydrogen (secondary N) is 3. The molecule has 36 heavy (non-hydrogen) atoms. The van der Waals surface area contributed by atoms with Gasteiger partial charge in [-0.2, -0.15) is 5.26 Å². The normalized spacial score (nSPS) is 15.5. The van der Waals surface area contributed by atoms with E-state index in [0.29, 0.717) is 11.3 Å². The van der Waals surface area contributed by atoms with Gasteiger partial charge in [0.15, 0.2) is 0 Å². The summed E-state index contributed by atoms with van der Waals surface area (Å²) in [7, 11) is -3.70. The van der Waals surface area contributed by atoms with Crippen molar-refractivity contribution in [1.29, 1.82) is 5.26 Å². The Kier molecular flexibility index (Phi) is 8.88. The highest BCUT2D eigenvalue weighted by atomic mass is 32.2. The Morgan fingerprint density at radius 2 is 1.72 bits per heavy atom. The zero-order valence-corrected chi connectivity index (χ0v) is 21.8. The first-order valence-corrected chi connectivity index (χ1v) is 13.7. The van der Waals surface area contributed by atoms with Crippen LogP contribution in [0.4, 0.5) is 5.69 Å². The van der Waals surface area contributed by atoms with Crippen molar-refractivity contribution in [2.24, 2.45) is 5.92 Å². The van der Waals surface area contributed by atoms with Crippen molar-refractivity contribution in [1.82, 2.24) is 10.0 Å². The van der Waals surface area contributed by atoms with Crippen molar-refractivity contribution in [2.75, 3.05) is 5.32 Å². The van der Waals surface area contributed by atoms with Gasteiger partial charge in [0.1, 0.15) is 6.04 Å². The topological polar surface area (TPSA) is 128 Å². The second kappa shape index (κ2) is 11.7. The van der Waals surface area contributed by atoms with Crippen LogP contribution in [0.3, 0.4) is 0 Å². The molecule has 3 rings (SSSR count). The van der Waals surface area contributed by atoms with Crippen molar-refractivity contribution in [3.63, 3.8) is 0 Å². The van der Waals surface area contributed by atoms with Crippen LogP contribution in [-0.2, 0) is 26.0 Å². The van der Waals surface area contributed by atoms with E-state index in [2.05, 4.69) is 21.4 Å². The van der Waals surface area contributed by atoms with Crippen LogP contribution in [-0.4, -0.2) is 31.8 Å².